The maximum atomic E-state index is 13.2. The van der Waals surface area contributed by atoms with E-state index in [9.17, 15) is 4.79 Å². The summed E-state index contributed by atoms with van der Waals surface area (Å²) in [6.45, 7) is 1.94. The molecule has 0 spiro atoms. The van der Waals surface area contributed by atoms with E-state index in [-0.39, 0.29) is 5.92 Å². The Bertz CT molecular complexity index is 531. The molecular formula is C17H26N4O. The minimum absolute atomic E-state index is 0.0551. The van der Waals surface area contributed by atoms with Gasteiger partial charge in [0.05, 0.1) is 5.92 Å². The molecule has 1 unspecified atom stereocenters. The molecule has 0 aromatic carbocycles. The zero-order chi connectivity index (χ0) is 14.9. The Kier molecular flexibility index (Phi) is 3.89. The molecule has 5 nitrogen and oxygen atoms in total. The highest BCUT2D eigenvalue weighted by molar-refractivity contribution is 5.83. The monoisotopic (exact) mass is 302 g/mol. The highest BCUT2D eigenvalue weighted by Gasteiger charge is 2.39. The Hall–Kier alpha value is -1.39. The third kappa shape index (κ3) is 2.77. The normalized spacial score (nSPS) is 25.7. The molecule has 0 radical (unpaired) electrons. The van der Waals surface area contributed by atoms with Gasteiger partial charge < -0.3 is 9.47 Å². The summed E-state index contributed by atoms with van der Waals surface area (Å²) in [7, 11) is 0. The molecule has 3 aliphatic rings. The van der Waals surface area contributed by atoms with Crippen molar-refractivity contribution in [2.75, 3.05) is 6.54 Å². The quantitative estimate of drug-likeness (QED) is 0.859. The molecule has 0 bridgehead atoms. The lowest BCUT2D eigenvalue weighted by Crippen LogP contribution is -2.42. The van der Waals surface area contributed by atoms with Gasteiger partial charge in [0, 0.05) is 19.1 Å². The van der Waals surface area contributed by atoms with Crippen molar-refractivity contribution in [3.8, 4) is 0 Å². The second kappa shape index (κ2) is 6.01. The number of nitrogens with zero attached hydrogens (tertiary/aromatic N) is 4. The lowest BCUT2D eigenvalue weighted by Gasteiger charge is -2.33. The zero-order valence-electron chi connectivity index (χ0n) is 13.3. The van der Waals surface area contributed by atoms with Crippen LogP contribution in [-0.2, 0) is 11.3 Å². The molecular weight excluding hydrogens is 276 g/mol. The average molecular weight is 302 g/mol. The number of aryl methyl sites for hydroxylation is 1. The summed E-state index contributed by atoms with van der Waals surface area (Å²) >= 11 is 0. The Morgan fingerprint density at radius 1 is 1.14 bits per heavy atom. The summed E-state index contributed by atoms with van der Waals surface area (Å²) in [4.78, 5) is 15.4. The Labute approximate surface area is 132 Å². The lowest BCUT2D eigenvalue weighted by atomic mass is 9.88. The predicted octanol–water partition coefficient (Wildman–Crippen LogP) is 2.73. The first-order chi connectivity index (χ1) is 10.8. The van der Waals surface area contributed by atoms with Crippen molar-refractivity contribution >= 4 is 5.91 Å². The van der Waals surface area contributed by atoms with Crippen LogP contribution in [0.3, 0.4) is 0 Å². The highest BCUT2D eigenvalue weighted by atomic mass is 16.2. The molecule has 0 saturated heterocycles. The van der Waals surface area contributed by atoms with E-state index in [0.29, 0.717) is 11.9 Å². The van der Waals surface area contributed by atoms with Crippen molar-refractivity contribution in [1.82, 2.24) is 19.7 Å². The van der Waals surface area contributed by atoms with Crippen LogP contribution in [0.1, 0.15) is 69.5 Å². The van der Waals surface area contributed by atoms with Crippen LogP contribution in [0.15, 0.2) is 6.33 Å². The number of amides is 1. The fourth-order valence-electron chi connectivity index (χ4n) is 4.19. The average Bonchev–Trinajstić information content (AvgIpc) is 3.28. The molecule has 1 aromatic heterocycles. The highest BCUT2D eigenvalue weighted by Crippen LogP contribution is 2.35. The topological polar surface area (TPSA) is 51.0 Å². The molecule has 1 aromatic rings. The van der Waals surface area contributed by atoms with Crippen LogP contribution in [0, 0.1) is 5.92 Å². The van der Waals surface area contributed by atoms with E-state index in [1.54, 1.807) is 6.33 Å². The van der Waals surface area contributed by atoms with Crippen molar-refractivity contribution in [1.29, 1.82) is 0 Å². The molecule has 5 heteroatoms. The molecule has 2 heterocycles. The van der Waals surface area contributed by atoms with E-state index in [2.05, 4.69) is 19.7 Å². The molecule has 120 valence electrons. The maximum Gasteiger partial charge on any atom is 0.233 e. The number of hydrogen-bond acceptors (Lipinski definition) is 3. The third-order valence-corrected chi connectivity index (χ3v) is 5.60. The summed E-state index contributed by atoms with van der Waals surface area (Å²) in [5, 5.41) is 8.25. The standard InChI is InChI=1S/C17H26N4O/c22-17(15-7-4-10-20-12-18-19-16(15)20)21(14-8-9-14)11-13-5-2-1-3-6-13/h12-15H,1-11H2. The summed E-state index contributed by atoms with van der Waals surface area (Å²) in [5.41, 5.74) is 0. The number of hydrogen-bond donors (Lipinski definition) is 0. The van der Waals surface area contributed by atoms with E-state index >= 15 is 0 Å². The van der Waals surface area contributed by atoms with Crippen LogP contribution >= 0.6 is 0 Å². The molecule has 1 aliphatic heterocycles. The molecule has 1 amide bonds. The summed E-state index contributed by atoms with van der Waals surface area (Å²) < 4.78 is 2.07. The molecule has 2 aliphatic carbocycles. The second-order valence-electron chi connectivity index (χ2n) is 7.30. The minimum atomic E-state index is -0.0551. The van der Waals surface area contributed by atoms with Crippen molar-refractivity contribution in [3.05, 3.63) is 12.2 Å². The van der Waals surface area contributed by atoms with Crippen LogP contribution in [-0.4, -0.2) is 38.2 Å². The maximum absolute atomic E-state index is 13.2. The van der Waals surface area contributed by atoms with Crippen molar-refractivity contribution in [2.24, 2.45) is 5.92 Å². The van der Waals surface area contributed by atoms with Crippen molar-refractivity contribution in [3.63, 3.8) is 0 Å². The Morgan fingerprint density at radius 3 is 2.73 bits per heavy atom. The van der Waals surface area contributed by atoms with Gasteiger partial charge in [-0.15, -0.1) is 10.2 Å². The van der Waals surface area contributed by atoms with Gasteiger partial charge >= 0.3 is 0 Å². The number of aromatic nitrogens is 3. The molecule has 22 heavy (non-hydrogen) atoms. The molecule has 0 N–H and O–H groups in total. The summed E-state index contributed by atoms with van der Waals surface area (Å²) in [6.07, 6.45) is 12.8. The number of rotatable bonds is 4. The summed E-state index contributed by atoms with van der Waals surface area (Å²) in [6, 6.07) is 0.507. The fraction of sp³-hybridized carbons (Fsp3) is 0.824. The first-order valence-corrected chi connectivity index (χ1v) is 9.01. The van der Waals surface area contributed by atoms with Gasteiger partial charge in [-0.3, -0.25) is 4.79 Å². The second-order valence-corrected chi connectivity index (χ2v) is 7.30. The van der Waals surface area contributed by atoms with Gasteiger partial charge in [-0.2, -0.15) is 0 Å². The van der Waals surface area contributed by atoms with E-state index < -0.39 is 0 Å². The largest absolute Gasteiger partial charge is 0.339 e. The van der Waals surface area contributed by atoms with Gasteiger partial charge in [0.1, 0.15) is 12.2 Å². The van der Waals surface area contributed by atoms with Crippen LogP contribution in [0.5, 0.6) is 0 Å². The van der Waals surface area contributed by atoms with Crippen molar-refractivity contribution in [2.45, 2.75) is 76.3 Å². The number of carbonyl (C=O) groups is 1. The van der Waals surface area contributed by atoms with Gasteiger partial charge in [0.15, 0.2) is 0 Å². The predicted molar refractivity (Wildman–Crippen MR) is 83.3 cm³/mol. The van der Waals surface area contributed by atoms with Crippen LogP contribution in [0.4, 0.5) is 0 Å². The first kappa shape index (κ1) is 14.2. The van der Waals surface area contributed by atoms with E-state index in [1.165, 1.54) is 44.9 Å². The Balaban J connectivity index is 1.49. The molecule has 1 atom stereocenters. The van der Waals surface area contributed by atoms with Gasteiger partial charge in [-0.05, 0) is 44.4 Å². The lowest BCUT2D eigenvalue weighted by molar-refractivity contribution is -0.135. The fourth-order valence-corrected chi connectivity index (χ4v) is 4.19. The van der Waals surface area contributed by atoms with Gasteiger partial charge in [0.2, 0.25) is 5.91 Å². The zero-order valence-corrected chi connectivity index (χ0v) is 13.3. The minimum Gasteiger partial charge on any atom is -0.339 e. The van der Waals surface area contributed by atoms with Crippen molar-refractivity contribution < 1.29 is 4.79 Å². The smallest absolute Gasteiger partial charge is 0.233 e. The molecule has 2 saturated carbocycles. The van der Waals surface area contributed by atoms with Gasteiger partial charge in [-0.1, -0.05) is 19.3 Å². The van der Waals surface area contributed by atoms with Crippen LogP contribution < -0.4 is 0 Å². The van der Waals surface area contributed by atoms with E-state index in [0.717, 1.165) is 37.7 Å². The van der Waals surface area contributed by atoms with E-state index in [1.807, 2.05) is 0 Å². The number of carbonyl (C=O) groups excluding carboxylic acids is 1. The van der Waals surface area contributed by atoms with Gasteiger partial charge in [0.25, 0.3) is 0 Å². The third-order valence-electron chi connectivity index (χ3n) is 5.60. The van der Waals surface area contributed by atoms with E-state index in [4.69, 9.17) is 0 Å². The SMILES string of the molecule is O=C(C1CCCn2cnnc21)N(CC1CCCCC1)C1CC1. The number of fused-ring (bicyclic) bond motifs is 1. The Morgan fingerprint density at radius 2 is 1.95 bits per heavy atom. The summed E-state index contributed by atoms with van der Waals surface area (Å²) in [5.74, 6) is 1.88. The molecule has 2 fully saturated rings. The van der Waals surface area contributed by atoms with Gasteiger partial charge in [-0.25, -0.2) is 0 Å². The van der Waals surface area contributed by atoms with Crippen LogP contribution in [0.2, 0.25) is 0 Å². The first-order valence-electron chi connectivity index (χ1n) is 9.01. The molecule has 4 rings (SSSR count). The van der Waals surface area contributed by atoms with Crippen LogP contribution in [0.25, 0.3) is 0 Å².